The highest BCUT2D eigenvalue weighted by Crippen LogP contribution is 2.26. The summed E-state index contributed by atoms with van der Waals surface area (Å²) in [5, 5.41) is 0. The first-order valence-electron chi connectivity index (χ1n) is 6.08. The molecular formula is C14H9F5N2O2. The summed E-state index contributed by atoms with van der Waals surface area (Å²) in [6.45, 7) is 0. The number of benzene rings is 2. The minimum Gasteiger partial charge on any atom is -0.497 e. The van der Waals surface area contributed by atoms with Crippen molar-refractivity contribution in [1.82, 2.24) is 5.43 Å². The molecular weight excluding hydrogens is 323 g/mol. The van der Waals surface area contributed by atoms with Crippen molar-refractivity contribution < 1.29 is 31.5 Å². The van der Waals surface area contributed by atoms with E-state index in [2.05, 4.69) is 0 Å². The van der Waals surface area contributed by atoms with Gasteiger partial charge in [-0.05, 0) is 18.2 Å². The van der Waals surface area contributed by atoms with E-state index < -0.39 is 40.7 Å². The Morgan fingerprint density at radius 3 is 2.09 bits per heavy atom. The van der Waals surface area contributed by atoms with Gasteiger partial charge >= 0.3 is 0 Å². The van der Waals surface area contributed by atoms with Crippen LogP contribution in [0.25, 0.3) is 0 Å². The molecule has 2 rings (SSSR count). The number of hydrogen-bond donors (Lipinski definition) is 2. The third kappa shape index (κ3) is 3.17. The van der Waals surface area contributed by atoms with Crippen LogP contribution in [0.4, 0.5) is 27.6 Å². The number of hydrazine groups is 1. The first-order chi connectivity index (χ1) is 10.9. The van der Waals surface area contributed by atoms with Crippen LogP contribution >= 0.6 is 0 Å². The molecule has 122 valence electrons. The van der Waals surface area contributed by atoms with Gasteiger partial charge in [-0.15, -0.1) is 0 Å². The summed E-state index contributed by atoms with van der Waals surface area (Å²) in [6.07, 6.45) is 0. The zero-order chi connectivity index (χ0) is 17.1. The molecule has 0 fully saturated rings. The maximum absolute atomic E-state index is 13.4. The van der Waals surface area contributed by atoms with Crippen molar-refractivity contribution in [3.63, 3.8) is 0 Å². The summed E-state index contributed by atoms with van der Waals surface area (Å²) in [5.41, 5.74) is 2.21. The third-order valence-corrected chi connectivity index (χ3v) is 2.84. The van der Waals surface area contributed by atoms with E-state index >= 15 is 0 Å². The van der Waals surface area contributed by atoms with Crippen molar-refractivity contribution in [2.75, 3.05) is 12.5 Å². The summed E-state index contributed by atoms with van der Waals surface area (Å²) in [7, 11) is 1.37. The van der Waals surface area contributed by atoms with Crippen LogP contribution in [-0.4, -0.2) is 13.0 Å². The molecule has 0 aliphatic heterocycles. The lowest BCUT2D eigenvalue weighted by Crippen LogP contribution is -2.31. The lowest BCUT2D eigenvalue weighted by Gasteiger charge is -2.12. The molecule has 9 heteroatoms. The Labute approximate surface area is 126 Å². The molecule has 2 aromatic carbocycles. The van der Waals surface area contributed by atoms with E-state index in [1.165, 1.54) is 25.3 Å². The van der Waals surface area contributed by atoms with E-state index in [1.54, 1.807) is 11.5 Å². The van der Waals surface area contributed by atoms with E-state index in [9.17, 15) is 26.7 Å². The second-order valence-corrected chi connectivity index (χ2v) is 4.26. The number of anilines is 1. The maximum atomic E-state index is 13.4. The fourth-order valence-corrected chi connectivity index (χ4v) is 1.67. The summed E-state index contributed by atoms with van der Waals surface area (Å²) >= 11 is 0. The predicted molar refractivity (Wildman–Crippen MR) is 70.3 cm³/mol. The molecule has 0 saturated heterocycles. The molecule has 0 aliphatic rings. The highest BCUT2D eigenvalue weighted by atomic mass is 19.2. The number of ether oxygens (including phenoxy) is 1. The maximum Gasteiger partial charge on any atom is 0.269 e. The zero-order valence-electron chi connectivity index (χ0n) is 11.5. The lowest BCUT2D eigenvalue weighted by molar-refractivity contribution is 0.0962. The van der Waals surface area contributed by atoms with Gasteiger partial charge in [-0.2, -0.15) is 0 Å². The number of amides is 1. The van der Waals surface area contributed by atoms with Crippen LogP contribution in [0, 0.1) is 29.1 Å². The van der Waals surface area contributed by atoms with Gasteiger partial charge < -0.3 is 4.74 Å². The predicted octanol–water partition coefficient (Wildman–Crippen LogP) is 3.15. The van der Waals surface area contributed by atoms with Crippen LogP contribution in [0.2, 0.25) is 0 Å². The molecule has 0 radical (unpaired) electrons. The van der Waals surface area contributed by atoms with Gasteiger partial charge in [0.2, 0.25) is 5.82 Å². The number of carbonyl (C=O) groups is 1. The van der Waals surface area contributed by atoms with Crippen molar-refractivity contribution in [2.24, 2.45) is 0 Å². The van der Waals surface area contributed by atoms with Gasteiger partial charge in [0.25, 0.3) is 5.91 Å². The van der Waals surface area contributed by atoms with Crippen LogP contribution < -0.4 is 15.6 Å². The van der Waals surface area contributed by atoms with Gasteiger partial charge in [-0.25, -0.2) is 22.0 Å². The van der Waals surface area contributed by atoms with Crippen LogP contribution in [0.3, 0.4) is 0 Å². The molecule has 2 aromatic rings. The number of hydrogen-bond acceptors (Lipinski definition) is 3. The molecule has 0 aliphatic carbocycles. The lowest BCUT2D eigenvalue weighted by atomic mass is 10.2. The van der Waals surface area contributed by atoms with E-state index in [-0.39, 0.29) is 5.56 Å². The van der Waals surface area contributed by atoms with E-state index in [4.69, 9.17) is 4.74 Å². The van der Waals surface area contributed by atoms with E-state index in [0.29, 0.717) is 5.75 Å². The molecule has 0 bridgehead atoms. The fourth-order valence-electron chi connectivity index (χ4n) is 1.67. The Kier molecular flexibility index (Phi) is 4.68. The zero-order valence-corrected chi connectivity index (χ0v) is 11.5. The van der Waals surface area contributed by atoms with Crippen molar-refractivity contribution in [1.29, 1.82) is 0 Å². The van der Waals surface area contributed by atoms with Gasteiger partial charge in [0, 0.05) is 5.56 Å². The average Bonchev–Trinajstić information content (AvgIpc) is 2.58. The number of methoxy groups -OCH3 is 1. The molecule has 1 amide bonds. The highest BCUT2D eigenvalue weighted by Gasteiger charge is 2.26. The first kappa shape index (κ1) is 16.5. The molecule has 0 saturated carbocycles. The Hall–Kier alpha value is -2.84. The average molecular weight is 332 g/mol. The molecule has 23 heavy (non-hydrogen) atoms. The van der Waals surface area contributed by atoms with Gasteiger partial charge in [-0.3, -0.25) is 15.6 Å². The van der Waals surface area contributed by atoms with Crippen molar-refractivity contribution >= 4 is 11.6 Å². The summed E-state index contributed by atoms with van der Waals surface area (Å²) in [4.78, 5) is 11.8. The normalized spacial score (nSPS) is 10.3. The summed E-state index contributed by atoms with van der Waals surface area (Å²) < 4.78 is 70.7. The number of carbonyl (C=O) groups excluding carboxylic acids is 1. The molecule has 0 unspecified atom stereocenters. The van der Waals surface area contributed by atoms with E-state index in [0.717, 1.165) is 0 Å². The largest absolute Gasteiger partial charge is 0.497 e. The molecule has 0 atom stereocenters. The van der Waals surface area contributed by atoms with Gasteiger partial charge in [-0.1, -0.05) is 6.07 Å². The number of halogens is 5. The van der Waals surface area contributed by atoms with Gasteiger partial charge in [0.05, 0.1) is 7.11 Å². The van der Waals surface area contributed by atoms with E-state index in [1.807, 2.05) is 5.43 Å². The Bertz CT molecular complexity index is 738. The minimum atomic E-state index is -2.29. The monoisotopic (exact) mass is 332 g/mol. The van der Waals surface area contributed by atoms with Crippen molar-refractivity contribution in [3.8, 4) is 5.75 Å². The summed E-state index contributed by atoms with van der Waals surface area (Å²) in [6, 6.07) is 5.70. The molecule has 0 spiro atoms. The van der Waals surface area contributed by atoms with Crippen LogP contribution in [0.1, 0.15) is 10.4 Å². The van der Waals surface area contributed by atoms with Crippen LogP contribution in [-0.2, 0) is 0 Å². The Balaban J connectivity index is 2.22. The molecule has 4 nitrogen and oxygen atoms in total. The van der Waals surface area contributed by atoms with Gasteiger partial charge in [0.15, 0.2) is 23.3 Å². The standard InChI is InChI=1S/C14H9F5N2O2/c1-23-7-4-2-3-6(5-7)14(22)21-20-13-11(18)9(16)8(15)10(17)12(13)19/h2-5,20H,1H3,(H,21,22). The fraction of sp³-hybridized carbons (Fsp3) is 0.0714. The second kappa shape index (κ2) is 6.51. The summed E-state index contributed by atoms with van der Waals surface area (Å²) in [5.74, 6) is -11.2. The number of rotatable bonds is 4. The second-order valence-electron chi connectivity index (χ2n) is 4.26. The Morgan fingerprint density at radius 1 is 0.957 bits per heavy atom. The highest BCUT2D eigenvalue weighted by molar-refractivity contribution is 5.95. The SMILES string of the molecule is COc1cccc(C(=O)NNc2c(F)c(F)c(F)c(F)c2F)c1. The number of nitrogens with one attached hydrogen (secondary N) is 2. The quantitative estimate of drug-likeness (QED) is 0.391. The topological polar surface area (TPSA) is 50.4 Å². The third-order valence-electron chi connectivity index (χ3n) is 2.84. The minimum absolute atomic E-state index is 0.0423. The van der Waals surface area contributed by atoms with Crippen molar-refractivity contribution in [3.05, 3.63) is 58.9 Å². The molecule has 0 aromatic heterocycles. The molecule has 0 heterocycles. The Morgan fingerprint density at radius 2 is 1.52 bits per heavy atom. The van der Waals surface area contributed by atoms with Crippen LogP contribution in [0.15, 0.2) is 24.3 Å². The van der Waals surface area contributed by atoms with Crippen molar-refractivity contribution in [2.45, 2.75) is 0 Å². The first-order valence-corrected chi connectivity index (χ1v) is 6.08. The van der Waals surface area contributed by atoms with Crippen LogP contribution in [0.5, 0.6) is 5.75 Å². The smallest absolute Gasteiger partial charge is 0.269 e. The molecule has 2 N–H and O–H groups in total. The van der Waals surface area contributed by atoms with Gasteiger partial charge in [0.1, 0.15) is 11.4 Å².